The van der Waals surface area contributed by atoms with Crippen LogP contribution < -0.4 is 5.32 Å². The first-order valence-corrected chi connectivity index (χ1v) is 6.62. The van der Waals surface area contributed by atoms with Gasteiger partial charge in [0, 0.05) is 38.5 Å². The van der Waals surface area contributed by atoms with Gasteiger partial charge in [-0.2, -0.15) is 0 Å². The van der Waals surface area contributed by atoms with Crippen molar-refractivity contribution in [2.75, 3.05) is 13.1 Å². The fourth-order valence-electron chi connectivity index (χ4n) is 2.29. The number of aryl methyl sites for hydroxylation is 1. The van der Waals surface area contributed by atoms with E-state index in [4.69, 9.17) is 4.52 Å². The normalized spacial score (nSPS) is 18.6. The average molecular weight is 265 g/mol. The summed E-state index contributed by atoms with van der Waals surface area (Å²) < 4.78 is 5.11. The highest BCUT2D eigenvalue weighted by atomic mass is 16.5. The minimum Gasteiger partial charge on any atom is -0.361 e. The molecule has 1 atom stereocenters. The van der Waals surface area contributed by atoms with Gasteiger partial charge < -0.3 is 14.7 Å². The molecule has 0 bridgehead atoms. The Morgan fingerprint density at radius 3 is 3.05 bits per heavy atom. The van der Waals surface area contributed by atoms with Gasteiger partial charge in [0.15, 0.2) is 5.69 Å². The number of aromatic nitrogens is 1. The van der Waals surface area contributed by atoms with Crippen molar-refractivity contribution >= 4 is 11.8 Å². The molecule has 0 aliphatic carbocycles. The van der Waals surface area contributed by atoms with Crippen molar-refractivity contribution in [3.8, 4) is 0 Å². The van der Waals surface area contributed by atoms with E-state index in [1.165, 1.54) is 6.92 Å². The second-order valence-corrected chi connectivity index (χ2v) is 4.87. The minimum absolute atomic E-state index is 0.0449. The fourth-order valence-corrected chi connectivity index (χ4v) is 2.29. The van der Waals surface area contributed by atoms with E-state index < -0.39 is 0 Å². The molecule has 0 aromatic carbocycles. The molecule has 1 N–H and O–H groups in total. The second kappa shape index (κ2) is 5.86. The van der Waals surface area contributed by atoms with Crippen molar-refractivity contribution in [3.05, 3.63) is 17.5 Å². The first-order chi connectivity index (χ1) is 9.10. The standard InChI is InChI=1S/C13H19N3O3/c1-3-4-11-7-12(15-19-11)13(18)16-6-5-10(8-16)14-9(2)17/h7,10H,3-6,8H2,1-2H3,(H,14,17)/t10-/m0/s1. The molecule has 1 aromatic heterocycles. The predicted molar refractivity (Wildman–Crippen MR) is 68.6 cm³/mol. The molecule has 0 unspecified atom stereocenters. The smallest absolute Gasteiger partial charge is 0.276 e. The van der Waals surface area contributed by atoms with Crippen LogP contribution in [0.5, 0.6) is 0 Å². The predicted octanol–water partition coefficient (Wildman–Crippen LogP) is 0.978. The van der Waals surface area contributed by atoms with Crippen LogP contribution in [0.1, 0.15) is 42.9 Å². The summed E-state index contributed by atoms with van der Waals surface area (Å²) in [7, 11) is 0. The lowest BCUT2D eigenvalue weighted by atomic mass is 10.2. The first-order valence-electron chi connectivity index (χ1n) is 6.62. The van der Waals surface area contributed by atoms with Crippen LogP contribution in [0.3, 0.4) is 0 Å². The topological polar surface area (TPSA) is 75.4 Å². The summed E-state index contributed by atoms with van der Waals surface area (Å²) >= 11 is 0. The molecule has 104 valence electrons. The zero-order chi connectivity index (χ0) is 13.8. The molecule has 1 aromatic rings. The van der Waals surface area contributed by atoms with E-state index in [1.807, 2.05) is 6.92 Å². The van der Waals surface area contributed by atoms with Gasteiger partial charge >= 0.3 is 0 Å². The highest BCUT2D eigenvalue weighted by molar-refractivity contribution is 5.92. The van der Waals surface area contributed by atoms with Gasteiger partial charge in [-0.15, -0.1) is 0 Å². The van der Waals surface area contributed by atoms with Gasteiger partial charge in [-0.3, -0.25) is 9.59 Å². The Morgan fingerprint density at radius 2 is 2.37 bits per heavy atom. The van der Waals surface area contributed by atoms with E-state index in [1.54, 1.807) is 11.0 Å². The third-order valence-electron chi connectivity index (χ3n) is 3.16. The number of rotatable bonds is 4. The Bertz CT molecular complexity index is 469. The number of hydrogen-bond donors (Lipinski definition) is 1. The molecule has 2 heterocycles. The molecule has 1 aliphatic heterocycles. The van der Waals surface area contributed by atoms with Crippen LogP contribution in [0, 0.1) is 0 Å². The van der Waals surface area contributed by atoms with Crippen LogP contribution >= 0.6 is 0 Å². The van der Waals surface area contributed by atoms with Crippen molar-refractivity contribution in [2.45, 2.75) is 39.2 Å². The van der Waals surface area contributed by atoms with Gasteiger partial charge in [0.05, 0.1) is 0 Å². The number of likely N-dealkylation sites (tertiary alicyclic amines) is 1. The minimum atomic E-state index is -0.126. The summed E-state index contributed by atoms with van der Waals surface area (Å²) in [5.41, 5.74) is 0.354. The molecule has 1 fully saturated rings. The number of nitrogens with zero attached hydrogens (tertiary/aromatic N) is 2. The molecular weight excluding hydrogens is 246 g/mol. The maximum atomic E-state index is 12.2. The van der Waals surface area contributed by atoms with Crippen molar-refractivity contribution in [1.82, 2.24) is 15.4 Å². The quantitative estimate of drug-likeness (QED) is 0.880. The van der Waals surface area contributed by atoms with Crippen molar-refractivity contribution < 1.29 is 14.1 Å². The largest absolute Gasteiger partial charge is 0.361 e. The highest BCUT2D eigenvalue weighted by Crippen LogP contribution is 2.14. The van der Waals surface area contributed by atoms with Crippen molar-refractivity contribution in [1.29, 1.82) is 0 Å². The van der Waals surface area contributed by atoms with E-state index in [2.05, 4.69) is 10.5 Å². The van der Waals surface area contributed by atoms with E-state index in [9.17, 15) is 9.59 Å². The van der Waals surface area contributed by atoms with Crippen LogP contribution in [0.25, 0.3) is 0 Å². The third-order valence-corrected chi connectivity index (χ3v) is 3.16. The van der Waals surface area contributed by atoms with Crippen molar-refractivity contribution in [3.63, 3.8) is 0 Å². The second-order valence-electron chi connectivity index (χ2n) is 4.87. The molecule has 2 rings (SSSR count). The van der Waals surface area contributed by atoms with Gasteiger partial charge in [0.1, 0.15) is 5.76 Å². The lowest BCUT2D eigenvalue weighted by Crippen LogP contribution is -2.37. The number of nitrogens with one attached hydrogen (secondary N) is 1. The Hall–Kier alpha value is -1.85. The summed E-state index contributed by atoms with van der Waals surface area (Å²) in [6.07, 6.45) is 2.52. The lowest BCUT2D eigenvalue weighted by molar-refractivity contribution is -0.119. The molecule has 0 radical (unpaired) electrons. The molecule has 6 nitrogen and oxygen atoms in total. The van der Waals surface area contributed by atoms with E-state index in [-0.39, 0.29) is 17.9 Å². The summed E-state index contributed by atoms with van der Waals surface area (Å²) in [6, 6.07) is 1.75. The number of hydrogen-bond acceptors (Lipinski definition) is 4. The molecule has 6 heteroatoms. The molecular formula is C13H19N3O3. The summed E-state index contributed by atoms with van der Waals surface area (Å²) in [4.78, 5) is 24.9. The van der Waals surface area contributed by atoms with Crippen LogP contribution in [0.15, 0.2) is 10.6 Å². The highest BCUT2D eigenvalue weighted by Gasteiger charge is 2.28. The van der Waals surface area contributed by atoms with Gasteiger partial charge in [0.2, 0.25) is 5.91 Å². The molecule has 0 spiro atoms. The number of carbonyl (C=O) groups excluding carboxylic acids is 2. The fraction of sp³-hybridized carbons (Fsp3) is 0.615. The van der Waals surface area contributed by atoms with Crippen LogP contribution in [0.2, 0.25) is 0 Å². The zero-order valence-electron chi connectivity index (χ0n) is 11.3. The zero-order valence-corrected chi connectivity index (χ0v) is 11.3. The number of carbonyl (C=O) groups is 2. The molecule has 19 heavy (non-hydrogen) atoms. The molecule has 2 amide bonds. The van der Waals surface area contributed by atoms with E-state index in [0.29, 0.717) is 18.8 Å². The average Bonchev–Trinajstić information content (AvgIpc) is 2.97. The maximum Gasteiger partial charge on any atom is 0.276 e. The van der Waals surface area contributed by atoms with E-state index >= 15 is 0 Å². The Kier molecular flexibility index (Phi) is 4.19. The van der Waals surface area contributed by atoms with Gasteiger partial charge in [-0.1, -0.05) is 12.1 Å². The lowest BCUT2D eigenvalue weighted by Gasteiger charge is -2.15. The Labute approximate surface area is 112 Å². The number of amides is 2. The monoisotopic (exact) mass is 265 g/mol. The SMILES string of the molecule is CCCc1cc(C(=O)N2CC[C@H](NC(C)=O)C2)no1. The van der Waals surface area contributed by atoms with Crippen LogP contribution in [-0.4, -0.2) is 41.0 Å². The van der Waals surface area contributed by atoms with Gasteiger partial charge in [0.25, 0.3) is 5.91 Å². The Balaban J connectivity index is 1.94. The Morgan fingerprint density at radius 1 is 1.58 bits per heavy atom. The summed E-state index contributed by atoms with van der Waals surface area (Å²) in [5.74, 6) is 0.549. The summed E-state index contributed by atoms with van der Waals surface area (Å²) in [6.45, 7) is 4.70. The van der Waals surface area contributed by atoms with Crippen LogP contribution in [-0.2, 0) is 11.2 Å². The summed E-state index contributed by atoms with van der Waals surface area (Å²) in [5, 5.41) is 6.64. The van der Waals surface area contributed by atoms with Crippen LogP contribution in [0.4, 0.5) is 0 Å². The van der Waals surface area contributed by atoms with Gasteiger partial charge in [-0.25, -0.2) is 0 Å². The van der Waals surface area contributed by atoms with E-state index in [0.717, 1.165) is 25.0 Å². The first kappa shape index (κ1) is 13.6. The molecule has 0 saturated carbocycles. The molecule has 1 aliphatic rings. The third kappa shape index (κ3) is 3.33. The van der Waals surface area contributed by atoms with Crippen molar-refractivity contribution in [2.24, 2.45) is 0 Å². The maximum absolute atomic E-state index is 12.2. The molecule has 1 saturated heterocycles. The van der Waals surface area contributed by atoms with Gasteiger partial charge in [-0.05, 0) is 12.8 Å².